The van der Waals surface area contributed by atoms with Gasteiger partial charge in [-0.25, -0.2) is 4.79 Å². The molecule has 1 aromatic heterocycles. The molecule has 0 aliphatic carbocycles. The van der Waals surface area contributed by atoms with Crippen molar-refractivity contribution in [3.8, 4) is 0 Å². The number of hydrogen-bond donors (Lipinski definition) is 2. The molecule has 102 valence electrons. The van der Waals surface area contributed by atoms with Gasteiger partial charge in [0.2, 0.25) is 0 Å². The number of likely N-dealkylation sites (N-methyl/N-ethyl adjacent to an activating group) is 1. The number of anilines is 1. The lowest BCUT2D eigenvalue weighted by atomic mass is 10.0. The zero-order chi connectivity index (χ0) is 13.8. The topological polar surface area (TPSA) is 91.8 Å². The van der Waals surface area contributed by atoms with Crippen LogP contribution in [0.2, 0.25) is 0 Å². The van der Waals surface area contributed by atoms with Gasteiger partial charge in [0.05, 0.1) is 31.1 Å². The smallest absolute Gasteiger partial charge is 0.321 e. The Balaban J connectivity index is 2.01. The van der Waals surface area contributed by atoms with Gasteiger partial charge in [0.15, 0.2) is 0 Å². The number of nitrogens with one attached hydrogen (secondary N) is 1. The van der Waals surface area contributed by atoms with E-state index in [1.807, 2.05) is 0 Å². The van der Waals surface area contributed by atoms with Crippen LogP contribution in [0.1, 0.15) is 0 Å². The predicted molar refractivity (Wildman–Crippen MR) is 66.8 cm³/mol. The average molecular weight is 265 g/mol. The molecule has 7 heteroatoms. The lowest BCUT2D eigenvalue weighted by molar-refractivity contribution is -0.142. The number of carboxylic acid groups (broad SMARTS) is 1. The highest BCUT2D eigenvalue weighted by Crippen LogP contribution is 2.19. The number of pyridine rings is 1. The Morgan fingerprint density at radius 1 is 1.53 bits per heavy atom. The van der Waals surface area contributed by atoms with Crippen LogP contribution in [0.5, 0.6) is 0 Å². The van der Waals surface area contributed by atoms with Crippen molar-refractivity contribution in [1.29, 1.82) is 0 Å². The van der Waals surface area contributed by atoms with Gasteiger partial charge >= 0.3 is 12.0 Å². The molecule has 7 nitrogen and oxygen atoms in total. The molecule has 0 aromatic carbocycles. The minimum absolute atomic E-state index is 0.129. The van der Waals surface area contributed by atoms with E-state index in [1.54, 1.807) is 25.4 Å². The molecule has 2 unspecified atom stereocenters. The average Bonchev–Trinajstić information content (AvgIpc) is 2.88. The molecule has 2 atom stereocenters. The Morgan fingerprint density at radius 2 is 2.32 bits per heavy atom. The molecule has 1 aliphatic rings. The number of amides is 2. The summed E-state index contributed by atoms with van der Waals surface area (Å²) in [4.78, 5) is 28.3. The Hall–Kier alpha value is -2.15. The van der Waals surface area contributed by atoms with Crippen LogP contribution >= 0.6 is 0 Å². The van der Waals surface area contributed by atoms with Gasteiger partial charge in [-0.1, -0.05) is 0 Å². The van der Waals surface area contributed by atoms with Crippen molar-refractivity contribution in [2.45, 2.75) is 6.04 Å². The van der Waals surface area contributed by atoms with Crippen LogP contribution in [0, 0.1) is 5.92 Å². The summed E-state index contributed by atoms with van der Waals surface area (Å²) in [5, 5.41) is 11.7. The molecule has 2 rings (SSSR count). The zero-order valence-corrected chi connectivity index (χ0v) is 10.4. The minimum Gasteiger partial charge on any atom is -0.481 e. The van der Waals surface area contributed by atoms with E-state index in [-0.39, 0.29) is 19.2 Å². The van der Waals surface area contributed by atoms with Crippen LogP contribution in [-0.2, 0) is 9.53 Å². The summed E-state index contributed by atoms with van der Waals surface area (Å²) < 4.78 is 5.14. The van der Waals surface area contributed by atoms with Gasteiger partial charge in [0, 0.05) is 13.2 Å². The number of hydrogen-bond acceptors (Lipinski definition) is 4. The maximum absolute atomic E-state index is 12.0. The van der Waals surface area contributed by atoms with Crippen molar-refractivity contribution in [2.75, 3.05) is 25.6 Å². The van der Waals surface area contributed by atoms with Crippen LogP contribution < -0.4 is 5.32 Å². The van der Waals surface area contributed by atoms with Crippen LogP contribution in [0.25, 0.3) is 0 Å². The fourth-order valence-corrected chi connectivity index (χ4v) is 1.96. The maximum Gasteiger partial charge on any atom is 0.321 e. The van der Waals surface area contributed by atoms with Gasteiger partial charge < -0.3 is 20.1 Å². The number of carbonyl (C=O) groups excluding carboxylic acids is 1. The van der Waals surface area contributed by atoms with Crippen LogP contribution in [0.3, 0.4) is 0 Å². The molecule has 0 radical (unpaired) electrons. The monoisotopic (exact) mass is 265 g/mol. The van der Waals surface area contributed by atoms with Crippen LogP contribution in [0.4, 0.5) is 10.5 Å². The van der Waals surface area contributed by atoms with Gasteiger partial charge in [-0.3, -0.25) is 9.78 Å². The van der Waals surface area contributed by atoms with E-state index in [0.29, 0.717) is 5.69 Å². The lowest BCUT2D eigenvalue weighted by Crippen LogP contribution is -2.45. The quantitative estimate of drug-likeness (QED) is 0.837. The molecule has 1 fully saturated rings. The summed E-state index contributed by atoms with van der Waals surface area (Å²) in [5.74, 6) is -1.65. The fourth-order valence-electron chi connectivity index (χ4n) is 1.96. The van der Waals surface area contributed by atoms with E-state index >= 15 is 0 Å². The minimum atomic E-state index is -0.955. The Kier molecular flexibility index (Phi) is 3.96. The summed E-state index contributed by atoms with van der Waals surface area (Å²) >= 11 is 0. The first-order valence-electron chi connectivity index (χ1n) is 5.84. The normalized spacial score (nSPS) is 21.9. The number of ether oxygens (including phenoxy) is 1. The number of nitrogens with zero attached hydrogens (tertiary/aromatic N) is 2. The zero-order valence-electron chi connectivity index (χ0n) is 10.4. The summed E-state index contributed by atoms with van der Waals surface area (Å²) in [6.07, 6.45) is 3.12. The molecule has 0 spiro atoms. The second-order valence-electron chi connectivity index (χ2n) is 4.33. The highest BCUT2D eigenvalue weighted by molar-refractivity contribution is 5.89. The van der Waals surface area contributed by atoms with E-state index in [2.05, 4.69) is 10.3 Å². The molecule has 0 saturated carbocycles. The van der Waals surface area contributed by atoms with E-state index in [1.165, 1.54) is 11.1 Å². The van der Waals surface area contributed by atoms with Crippen molar-refractivity contribution < 1.29 is 19.4 Å². The molecule has 1 aliphatic heterocycles. The molecule has 2 heterocycles. The summed E-state index contributed by atoms with van der Waals surface area (Å²) in [7, 11) is 1.56. The third kappa shape index (κ3) is 3.00. The van der Waals surface area contributed by atoms with Crippen molar-refractivity contribution in [3.63, 3.8) is 0 Å². The summed E-state index contributed by atoms with van der Waals surface area (Å²) in [5.41, 5.74) is 0.560. The van der Waals surface area contributed by atoms with Gasteiger partial charge in [0.1, 0.15) is 5.92 Å². The number of rotatable bonds is 3. The summed E-state index contributed by atoms with van der Waals surface area (Å²) in [6.45, 7) is 0.360. The highest BCUT2D eigenvalue weighted by Gasteiger charge is 2.38. The van der Waals surface area contributed by atoms with Crippen LogP contribution in [0.15, 0.2) is 24.5 Å². The second kappa shape index (κ2) is 5.66. The van der Waals surface area contributed by atoms with Crippen LogP contribution in [-0.4, -0.2) is 53.3 Å². The Morgan fingerprint density at radius 3 is 2.95 bits per heavy atom. The van der Waals surface area contributed by atoms with E-state index in [0.717, 1.165) is 0 Å². The number of carboxylic acids is 1. The molecule has 1 aromatic rings. The lowest BCUT2D eigenvalue weighted by Gasteiger charge is -2.26. The maximum atomic E-state index is 12.0. The molecular formula is C12H15N3O4. The van der Waals surface area contributed by atoms with Gasteiger partial charge in [0.25, 0.3) is 0 Å². The number of urea groups is 1. The number of aromatic nitrogens is 1. The summed E-state index contributed by atoms with van der Waals surface area (Å²) in [6, 6.07) is 2.57. The van der Waals surface area contributed by atoms with Crippen molar-refractivity contribution >= 4 is 17.7 Å². The molecule has 1 saturated heterocycles. The second-order valence-corrected chi connectivity index (χ2v) is 4.33. The van der Waals surface area contributed by atoms with Crippen molar-refractivity contribution in [3.05, 3.63) is 24.5 Å². The predicted octanol–water partition coefficient (Wildman–Crippen LogP) is 0.645. The fraction of sp³-hybridized carbons (Fsp3) is 0.417. The molecule has 0 bridgehead atoms. The largest absolute Gasteiger partial charge is 0.481 e. The van der Waals surface area contributed by atoms with Gasteiger partial charge in [-0.2, -0.15) is 0 Å². The first-order chi connectivity index (χ1) is 9.09. The Labute approximate surface area is 110 Å². The Bertz CT molecular complexity index is 465. The molecule has 19 heavy (non-hydrogen) atoms. The third-order valence-electron chi connectivity index (χ3n) is 3.10. The van der Waals surface area contributed by atoms with Gasteiger partial charge in [-0.15, -0.1) is 0 Å². The number of aliphatic carboxylic acids is 1. The first-order valence-corrected chi connectivity index (χ1v) is 5.84. The number of carbonyl (C=O) groups is 2. The first kappa shape index (κ1) is 13.3. The van der Waals surface area contributed by atoms with E-state index < -0.39 is 17.9 Å². The highest BCUT2D eigenvalue weighted by atomic mass is 16.5. The van der Waals surface area contributed by atoms with Gasteiger partial charge in [-0.05, 0) is 12.1 Å². The molecular weight excluding hydrogens is 250 g/mol. The van der Waals surface area contributed by atoms with E-state index in [9.17, 15) is 9.59 Å². The standard InChI is InChI=1S/C12H15N3O4/c1-15(10-7-19-6-9(10)11(16)17)12(18)14-8-3-2-4-13-5-8/h2-5,9-10H,6-7H2,1H3,(H,14,18)(H,16,17). The third-order valence-corrected chi connectivity index (χ3v) is 3.10. The van der Waals surface area contributed by atoms with Crippen molar-refractivity contribution in [1.82, 2.24) is 9.88 Å². The molecule has 2 N–H and O–H groups in total. The SMILES string of the molecule is CN(C(=O)Nc1cccnc1)C1COCC1C(=O)O. The van der Waals surface area contributed by atoms with E-state index in [4.69, 9.17) is 9.84 Å². The molecule has 2 amide bonds. The van der Waals surface area contributed by atoms with Crippen molar-refractivity contribution in [2.24, 2.45) is 5.92 Å².